The zero-order valence-corrected chi connectivity index (χ0v) is 18.0. The van der Waals surface area contributed by atoms with Crippen molar-refractivity contribution < 1.29 is 17.9 Å². The van der Waals surface area contributed by atoms with Gasteiger partial charge in [0.15, 0.2) is 15.7 Å². The third kappa shape index (κ3) is 5.12. The average Bonchev–Trinajstić information content (AvgIpc) is 3.18. The minimum Gasteiger partial charge on any atom is -0.378 e. The van der Waals surface area contributed by atoms with Crippen LogP contribution in [0.3, 0.4) is 0 Å². The summed E-state index contributed by atoms with van der Waals surface area (Å²) < 4.78 is 30.2. The highest BCUT2D eigenvalue weighted by molar-refractivity contribution is 7.90. The van der Waals surface area contributed by atoms with Crippen LogP contribution >= 0.6 is 0 Å². The van der Waals surface area contributed by atoms with E-state index in [2.05, 4.69) is 15.3 Å². The standard InChI is InChI=1S/C22H24N4O4S/c1-31(28,29)19-9-7-18(8-10-19)23-21(27)16-26-15-20(17-5-3-2-4-6-17)22(24-26)25-11-13-30-14-12-25/h2-10,15H,11-14,16H2,1H3,(H,23,27). The fourth-order valence-electron chi connectivity index (χ4n) is 3.46. The molecule has 0 atom stereocenters. The highest BCUT2D eigenvalue weighted by Gasteiger charge is 2.20. The molecule has 1 N–H and O–H groups in total. The summed E-state index contributed by atoms with van der Waals surface area (Å²) in [5.41, 5.74) is 2.53. The number of rotatable bonds is 6. The number of aromatic nitrogens is 2. The molecule has 1 aliphatic rings. The molecule has 1 saturated heterocycles. The van der Waals surface area contributed by atoms with E-state index in [1.165, 1.54) is 12.1 Å². The van der Waals surface area contributed by atoms with Crippen LogP contribution in [-0.4, -0.2) is 56.7 Å². The number of morpholine rings is 1. The van der Waals surface area contributed by atoms with E-state index in [-0.39, 0.29) is 17.3 Å². The van der Waals surface area contributed by atoms with Crippen LogP contribution in [0.2, 0.25) is 0 Å². The van der Waals surface area contributed by atoms with Crippen molar-refractivity contribution in [1.29, 1.82) is 0 Å². The summed E-state index contributed by atoms with van der Waals surface area (Å²) in [6, 6.07) is 16.1. The number of hydrogen-bond acceptors (Lipinski definition) is 6. The molecule has 0 saturated carbocycles. The molecule has 0 spiro atoms. The molecule has 9 heteroatoms. The van der Waals surface area contributed by atoms with Crippen molar-refractivity contribution in [3.63, 3.8) is 0 Å². The van der Waals surface area contributed by atoms with Gasteiger partial charge >= 0.3 is 0 Å². The molecule has 1 fully saturated rings. The van der Waals surface area contributed by atoms with Crippen molar-refractivity contribution in [3.8, 4) is 11.1 Å². The molecule has 3 aromatic rings. The van der Waals surface area contributed by atoms with Crippen LogP contribution in [-0.2, 0) is 25.9 Å². The van der Waals surface area contributed by atoms with Crippen molar-refractivity contribution in [2.75, 3.05) is 42.8 Å². The van der Waals surface area contributed by atoms with Gasteiger partial charge in [0.25, 0.3) is 0 Å². The van der Waals surface area contributed by atoms with Crippen molar-refractivity contribution in [2.45, 2.75) is 11.4 Å². The summed E-state index contributed by atoms with van der Waals surface area (Å²) in [6.07, 6.45) is 3.03. The number of ether oxygens (including phenoxy) is 1. The number of nitrogens with zero attached hydrogens (tertiary/aromatic N) is 3. The van der Waals surface area contributed by atoms with Crippen LogP contribution in [0.1, 0.15) is 0 Å². The Kier molecular flexibility index (Phi) is 6.06. The number of hydrogen-bond donors (Lipinski definition) is 1. The van der Waals surface area contributed by atoms with Gasteiger partial charge in [0.1, 0.15) is 6.54 Å². The molecular formula is C22H24N4O4S. The number of carbonyl (C=O) groups is 1. The third-order valence-corrected chi connectivity index (χ3v) is 6.14. The molecule has 1 aliphatic heterocycles. The summed E-state index contributed by atoms with van der Waals surface area (Å²) in [5, 5.41) is 7.47. The van der Waals surface area contributed by atoms with Gasteiger partial charge in [-0.15, -0.1) is 0 Å². The van der Waals surface area contributed by atoms with Gasteiger partial charge in [-0.05, 0) is 29.8 Å². The number of benzene rings is 2. The first-order chi connectivity index (χ1) is 14.9. The second-order valence-corrected chi connectivity index (χ2v) is 9.39. The topological polar surface area (TPSA) is 93.5 Å². The van der Waals surface area contributed by atoms with Crippen LogP contribution in [0.5, 0.6) is 0 Å². The van der Waals surface area contributed by atoms with Gasteiger partial charge in [-0.2, -0.15) is 5.10 Å². The Morgan fingerprint density at radius 1 is 1.06 bits per heavy atom. The summed E-state index contributed by atoms with van der Waals surface area (Å²) in [7, 11) is -3.28. The molecule has 1 aromatic heterocycles. The lowest BCUT2D eigenvalue weighted by Crippen LogP contribution is -2.36. The van der Waals surface area contributed by atoms with Crippen LogP contribution in [0, 0.1) is 0 Å². The molecular weight excluding hydrogens is 416 g/mol. The quantitative estimate of drug-likeness (QED) is 0.633. The highest BCUT2D eigenvalue weighted by Crippen LogP contribution is 2.30. The first kappa shape index (κ1) is 21.1. The van der Waals surface area contributed by atoms with E-state index in [1.54, 1.807) is 16.8 Å². The zero-order valence-electron chi connectivity index (χ0n) is 17.2. The molecule has 1 amide bonds. The maximum Gasteiger partial charge on any atom is 0.246 e. The van der Waals surface area contributed by atoms with Crippen LogP contribution in [0.4, 0.5) is 11.5 Å². The minimum atomic E-state index is -3.28. The Hall–Kier alpha value is -3.17. The number of nitrogens with one attached hydrogen (secondary N) is 1. The number of anilines is 2. The Bertz CT molecular complexity index is 1150. The second-order valence-electron chi connectivity index (χ2n) is 7.37. The number of carbonyl (C=O) groups excluding carboxylic acids is 1. The second kappa shape index (κ2) is 8.91. The lowest BCUT2D eigenvalue weighted by atomic mass is 10.1. The fraction of sp³-hybridized carbons (Fsp3) is 0.273. The summed E-state index contributed by atoms with van der Waals surface area (Å²) in [5.74, 6) is 0.586. The van der Waals surface area contributed by atoms with Gasteiger partial charge in [-0.25, -0.2) is 8.42 Å². The predicted molar refractivity (Wildman–Crippen MR) is 119 cm³/mol. The summed E-state index contributed by atoms with van der Waals surface area (Å²) in [4.78, 5) is 15.0. The van der Waals surface area contributed by atoms with E-state index in [9.17, 15) is 13.2 Å². The van der Waals surface area contributed by atoms with E-state index in [4.69, 9.17) is 4.74 Å². The monoisotopic (exact) mass is 440 g/mol. The van der Waals surface area contributed by atoms with Gasteiger partial charge in [-0.1, -0.05) is 30.3 Å². The predicted octanol–water partition coefficient (Wildman–Crippen LogP) is 2.43. The molecule has 162 valence electrons. The fourth-order valence-corrected chi connectivity index (χ4v) is 4.09. The van der Waals surface area contributed by atoms with Crippen LogP contribution < -0.4 is 10.2 Å². The smallest absolute Gasteiger partial charge is 0.246 e. The Labute approximate surface area is 181 Å². The van der Waals surface area contributed by atoms with Crippen LogP contribution in [0.15, 0.2) is 65.7 Å². The molecule has 8 nitrogen and oxygen atoms in total. The van der Waals surface area contributed by atoms with Crippen molar-refractivity contribution >= 4 is 27.2 Å². The molecule has 0 unspecified atom stereocenters. The average molecular weight is 441 g/mol. The van der Waals surface area contributed by atoms with E-state index in [1.807, 2.05) is 36.5 Å². The lowest BCUT2D eigenvalue weighted by Gasteiger charge is -2.27. The van der Waals surface area contributed by atoms with E-state index in [0.717, 1.165) is 36.3 Å². The molecule has 31 heavy (non-hydrogen) atoms. The first-order valence-electron chi connectivity index (χ1n) is 9.96. The zero-order chi connectivity index (χ0) is 21.8. The van der Waals surface area contributed by atoms with E-state index in [0.29, 0.717) is 18.9 Å². The first-order valence-corrected chi connectivity index (χ1v) is 11.8. The van der Waals surface area contributed by atoms with Crippen molar-refractivity contribution in [3.05, 3.63) is 60.8 Å². The molecule has 2 heterocycles. The number of sulfone groups is 1. The van der Waals surface area contributed by atoms with Gasteiger partial charge in [0, 0.05) is 36.8 Å². The third-order valence-electron chi connectivity index (χ3n) is 5.01. The Balaban J connectivity index is 1.52. The van der Waals surface area contributed by atoms with Gasteiger partial charge in [-0.3, -0.25) is 9.48 Å². The lowest BCUT2D eigenvalue weighted by molar-refractivity contribution is -0.116. The Morgan fingerprint density at radius 3 is 2.39 bits per heavy atom. The van der Waals surface area contributed by atoms with Gasteiger partial charge in [0.05, 0.1) is 18.1 Å². The molecule has 0 radical (unpaired) electrons. The highest BCUT2D eigenvalue weighted by atomic mass is 32.2. The van der Waals surface area contributed by atoms with Crippen LogP contribution in [0.25, 0.3) is 11.1 Å². The summed E-state index contributed by atoms with van der Waals surface area (Å²) in [6.45, 7) is 2.82. The van der Waals surface area contributed by atoms with E-state index < -0.39 is 9.84 Å². The maximum absolute atomic E-state index is 12.6. The SMILES string of the molecule is CS(=O)(=O)c1ccc(NC(=O)Cn2cc(-c3ccccc3)c(N3CCOCC3)n2)cc1. The molecule has 4 rings (SSSR count). The minimum absolute atomic E-state index is 0.0397. The normalized spacial score (nSPS) is 14.4. The maximum atomic E-state index is 12.6. The summed E-state index contributed by atoms with van der Waals surface area (Å²) >= 11 is 0. The van der Waals surface area contributed by atoms with Gasteiger partial charge < -0.3 is 15.0 Å². The number of amides is 1. The largest absolute Gasteiger partial charge is 0.378 e. The van der Waals surface area contributed by atoms with E-state index >= 15 is 0 Å². The van der Waals surface area contributed by atoms with Crippen molar-refractivity contribution in [1.82, 2.24) is 9.78 Å². The van der Waals surface area contributed by atoms with Gasteiger partial charge in [0.2, 0.25) is 5.91 Å². The van der Waals surface area contributed by atoms with Crippen molar-refractivity contribution in [2.24, 2.45) is 0 Å². The molecule has 0 aliphatic carbocycles. The Morgan fingerprint density at radius 2 is 1.74 bits per heavy atom. The molecule has 2 aromatic carbocycles. The molecule has 0 bridgehead atoms.